The van der Waals surface area contributed by atoms with Gasteiger partial charge in [0.1, 0.15) is 35.6 Å². The zero-order chi connectivity index (χ0) is 47.3. The van der Waals surface area contributed by atoms with Crippen LogP contribution >= 0.6 is 8.60 Å². The fourth-order valence-electron chi connectivity index (χ4n) is 7.86. The fraction of sp³-hybridized carbons (Fsp3) is 0.684. The molecule has 3 aromatic rings. The molecule has 3 aromatic carbocycles. The Balaban J connectivity index is 1.49. The average Bonchev–Trinajstić information content (AvgIpc) is 3.35. The van der Waals surface area contributed by atoms with Crippen molar-refractivity contribution in [3.8, 4) is 17.2 Å². The van der Waals surface area contributed by atoms with E-state index in [0.29, 0.717) is 59.5 Å². The lowest BCUT2D eigenvalue weighted by Gasteiger charge is -2.21. The predicted molar refractivity (Wildman–Crippen MR) is 278 cm³/mol. The van der Waals surface area contributed by atoms with Crippen molar-refractivity contribution in [2.45, 2.75) is 193 Å². The Morgan fingerprint density at radius 2 is 0.567 bits per heavy atom. The molecule has 0 heterocycles. The van der Waals surface area contributed by atoms with Gasteiger partial charge >= 0.3 is 8.60 Å². The molecule has 0 amide bonds. The van der Waals surface area contributed by atoms with Crippen LogP contribution in [-0.4, -0.2) is 77.8 Å². The minimum atomic E-state index is -1.66. The second kappa shape index (κ2) is 43.3. The van der Waals surface area contributed by atoms with Gasteiger partial charge in [0.15, 0.2) is 0 Å². The Kier molecular flexibility index (Phi) is 37.8. The molecule has 3 atom stereocenters. The summed E-state index contributed by atoms with van der Waals surface area (Å²) in [6.07, 6.45) is 29.3. The number of para-hydroxylation sites is 3. The summed E-state index contributed by atoms with van der Waals surface area (Å²) in [7, 11) is -1.66. The molecule has 0 spiro atoms. The maximum atomic E-state index is 6.37. The number of hydrogen-bond acceptors (Lipinski definition) is 9. The highest BCUT2D eigenvalue weighted by Gasteiger charge is 2.17. The van der Waals surface area contributed by atoms with Crippen LogP contribution < -0.4 is 14.2 Å². The summed E-state index contributed by atoms with van der Waals surface area (Å²) >= 11 is 0. The van der Waals surface area contributed by atoms with E-state index in [1.807, 2.05) is 91.0 Å². The van der Waals surface area contributed by atoms with Gasteiger partial charge in [-0.1, -0.05) is 191 Å². The molecule has 3 rings (SSSR count). The number of ether oxygens (including phenoxy) is 6. The third-order valence-corrected chi connectivity index (χ3v) is 12.9. The first-order valence-electron chi connectivity index (χ1n) is 26.8. The molecule has 0 aliphatic rings. The van der Waals surface area contributed by atoms with Gasteiger partial charge in [0.05, 0.1) is 59.5 Å². The Bertz CT molecular complexity index is 1280. The molecule has 0 saturated carbocycles. The first-order valence-corrected chi connectivity index (χ1v) is 27.9. The lowest BCUT2D eigenvalue weighted by molar-refractivity contribution is 0.0102. The maximum Gasteiger partial charge on any atom is 0.332 e. The molecule has 0 aliphatic carbocycles. The lowest BCUT2D eigenvalue weighted by Crippen LogP contribution is -2.25. The zero-order valence-corrected chi connectivity index (χ0v) is 43.2. The highest BCUT2D eigenvalue weighted by Crippen LogP contribution is 2.39. The predicted octanol–water partition coefficient (Wildman–Crippen LogP) is 16.1. The minimum absolute atomic E-state index is 0.0256. The van der Waals surface area contributed by atoms with Gasteiger partial charge in [0, 0.05) is 0 Å². The smallest absolute Gasteiger partial charge is 0.332 e. The summed E-state index contributed by atoms with van der Waals surface area (Å²) in [4.78, 5) is 0. The minimum Gasteiger partial charge on any atom is -0.488 e. The van der Waals surface area contributed by atoms with E-state index in [4.69, 9.17) is 42.0 Å². The summed E-state index contributed by atoms with van der Waals surface area (Å²) in [5, 5.41) is 0. The molecule has 10 heteroatoms. The van der Waals surface area contributed by atoms with Crippen LogP contribution in [0.5, 0.6) is 17.2 Å². The highest BCUT2D eigenvalue weighted by atomic mass is 31.2. The maximum absolute atomic E-state index is 6.37. The zero-order valence-electron chi connectivity index (χ0n) is 42.3. The molecular formula is C57H93O9P. The van der Waals surface area contributed by atoms with Crippen molar-refractivity contribution in [1.29, 1.82) is 0 Å². The molecule has 0 bridgehead atoms. The van der Waals surface area contributed by atoms with Crippen molar-refractivity contribution in [1.82, 2.24) is 0 Å². The second-order valence-electron chi connectivity index (χ2n) is 17.8. The van der Waals surface area contributed by atoms with Crippen LogP contribution in [0.25, 0.3) is 0 Å². The molecule has 3 unspecified atom stereocenters. The largest absolute Gasteiger partial charge is 0.488 e. The van der Waals surface area contributed by atoms with Crippen LogP contribution in [0.15, 0.2) is 91.0 Å². The normalized spacial score (nSPS) is 13.3. The molecule has 0 aromatic heterocycles. The Labute approximate surface area is 410 Å². The van der Waals surface area contributed by atoms with Crippen LogP contribution in [0, 0.1) is 0 Å². The van der Waals surface area contributed by atoms with Crippen molar-refractivity contribution >= 4 is 8.60 Å². The lowest BCUT2D eigenvalue weighted by atomic mass is 10.1. The van der Waals surface area contributed by atoms with Gasteiger partial charge in [-0.15, -0.1) is 0 Å². The van der Waals surface area contributed by atoms with E-state index in [9.17, 15) is 0 Å². The molecule has 380 valence electrons. The molecule has 0 saturated heterocycles. The molecule has 0 N–H and O–H groups in total. The standard InChI is InChI=1S/C57H93O9P/c1-4-7-10-13-16-19-25-40-55(64-52-34-28-22-29-35-52)49-58-43-46-61-67(62-47-44-59-50-56(65-53-36-30-23-31-37-53)41-26-20-17-14-11-8-5-2)63-48-45-60-51-57(66-54-38-32-24-33-39-54)42-27-21-18-15-12-9-6-3/h22-24,28-39,55-57H,4-21,25-27,40-51H2,1-3H3. The molecule has 0 aliphatic heterocycles. The van der Waals surface area contributed by atoms with E-state index >= 15 is 0 Å². The SMILES string of the molecule is CCCCCCCCCC(COCCOP(OCCOCC(CCCCCCCCC)Oc1ccccc1)OCCOCC(CCCCCCCCC)Oc1ccccc1)Oc1ccccc1. The highest BCUT2D eigenvalue weighted by molar-refractivity contribution is 7.41. The van der Waals surface area contributed by atoms with Gasteiger partial charge in [-0.3, -0.25) is 0 Å². The summed E-state index contributed by atoms with van der Waals surface area (Å²) in [6, 6.07) is 30.1. The van der Waals surface area contributed by atoms with Crippen molar-refractivity contribution in [3.63, 3.8) is 0 Å². The number of rotatable bonds is 48. The topological polar surface area (TPSA) is 83.1 Å². The van der Waals surface area contributed by atoms with Crippen LogP contribution in [0.2, 0.25) is 0 Å². The van der Waals surface area contributed by atoms with Gasteiger partial charge in [-0.05, 0) is 74.9 Å². The van der Waals surface area contributed by atoms with Gasteiger partial charge in [-0.2, -0.15) is 0 Å². The van der Waals surface area contributed by atoms with E-state index in [2.05, 4.69) is 20.8 Å². The first-order chi connectivity index (χ1) is 33.2. The fourth-order valence-corrected chi connectivity index (χ4v) is 8.75. The molecular weight excluding hydrogens is 860 g/mol. The Morgan fingerprint density at radius 3 is 0.836 bits per heavy atom. The average molecular weight is 953 g/mol. The van der Waals surface area contributed by atoms with E-state index in [0.717, 1.165) is 55.8 Å². The number of benzene rings is 3. The molecule has 9 nitrogen and oxygen atoms in total. The second-order valence-corrected chi connectivity index (χ2v) is 19.1. The number of hydrogen-bond donors (Lipinski definition) is 0. The molecule has 0 fully saturated rings. The molecule has 67 heavy (non-hydrogen) atoms. The monoisotopic (exact) mass is 953 g/mol. The van der Waals surface area contributed by atoms with Gasteiger partial charge in [-0.25, -0.2) is 0 Å². The third kappa shape index (κ3) is 33.4. The Morgan fingerprint density at radius 1 is 0.313 bits per heavy atom. The van der Waals surface area contributed by atoms with E-state index in [-0.39, 0.29) is 18.3 Å². The summed E-state index contributed by atoms with van der Waals surface area (Å²) in [5.74, 6) is 2.62. The van der Waals surface area contributed by atoms with Crippen molar-refractivity contribution in [2.24, 2.45) is 0 Å². The quantitative estimate of drug-likeness (QED) is 0.0406. The van der Waals surface area contributed by atoms with Crippen molar-refractivity contribution < 1.29 is 42.0 Å². The van der Waals surface area contributed by atoms with E-state index < -0.39 is 8.60 Å². The van der Waals surface area contributed by atoms with Crippen molar-refractivity contribution in [2.75, 3.05) is 59.5 Å². The van der Waals surface area contributed by atoms with Crippen LogP contribution in [0.3, 0.4) is 0 Å². The van der Waals surface area contributed by atoms with Gasteiger partial charge in [0.2, 0.25) is 0 Å². The molecule has 0 radical (unpaired) electrons. The Hall–Kier alpha value is -2.75. The van der Waals surface area contributed by atoms with Gasteiger partial charge in [0.25, 0.3) is 0 Å². The summed E-state index contributed by atoms with van der Waals surface area (Å²) < 4.78 is 56.2. The van der Waals surface area contributed by atoms with E-state index in [1.165, 1.54) is 116 Å². The van der Waals surface area contributed by atoms with Crippen molar-refractivity contribution in [3.05, 3.63) is 91.0 Å². The van der Waals surface area contributed by atoms with Crippen LogP contribution in [-0.2, 0) is 27.8 Å². The number of unbranched alkanes of at least 4 members (excludes halogenated alkanes) is 18. The third-order valence-electron chi connectivity index (χ3n) is 11.7. The van der Waals surface area contributed by atoms with Gasteiger partial charge < -0.3 is 42.0 Å². The van der Waals surface area contributed by atoms with Crippen LogP contribution in [0.1, 0.15) is 175 Å². The first kappa shape index (κ1) is 58.6. The van der Waals surface area contributed by atoms with E-state index in [1.54, 1.807) is 0 Å². The summed E-state index contributed by atoms with van der Waals surface area (Å²) in [5.41, 5.74) is 0. The van der Waals surface area contributed by atoms with Crippen LogP contribution in [0.4, 0.5) is 0 Å². The summed E-state index contributed by atoms with van der Waals surface area (Å²) in [6.45, 7) is 10.5.